The monoisotopic (exact) mass is 323 g/mol. The molecule has 24 heavy (non-hydrogen) atoms. The Morgan fingerprint density at radius 3 is 2.54 bits per heavy atom. The molecule has 0 saturated carbocycles. The second-order valence-electron chi connectivity index (χ2n) is 6.65. The zero-order chi connectivity index (χ0) is 17.1. The fraction of sp³-hybridized carbons (Fsp3) is 0.400. The molecule has 4 heteroatoms. The topological polar surface area (TPSA) is 36.4 Å². The van der Waals surface area contributed by atoms with Gasteiger partial charge in [-0.05, 0) is 56.6 Å². The van der Waals surface area contributed by atoms with Gasteiger partial charge in [0, 0.05) is 25.7 Å². The van der Waals surface area contributed by atoms with Crippen LogP contribution in [0.3, 0.4) is 0 Å². The minimum atomic E-state index is -0.0709. The first kappa shape index (κ1) is 16.7. The van der Waals surface area contributed by atoms with Gasteiger partial charge in [0.15, 0.2) is 0 Å². The maximum atomic E-state index is 12.1. The van der Waals surface area contributed by atoms with Gasteiger partial charge in [0.1, 0.15) is 5.69 Å². The predicted molar refractivity (Wildman–Crippen MR) is 96.9 cm³/mol. The minimum absolute atomic E-state index is 0.0709. The highest BCUT2D eigenvalue weighted by molar-refractivity contribution is 5.92. The van der Waals surface area contributed by atoms with Crippen LogP contribution in [0.4, 0.5) is 0 Å². The first-order chi connectivity index (χ1) is 11.6. The maximum absolute atomic E-state index is 12.1. The van der Waals surface area contributed by atoms with Gasteiger partial charge >= 0.3 is 0 Å². The Balaban J connectivity index is 1.88. The van der Waals surface area contributed by atoms with Gasteiger partial charge in [-0.1, -0.05) is 24.3 Å². The smallest absolute Gasteiger partial charge is 0.271 e. The summed E-state index contributed by atoms with van der Waals surface area (Å²) in [6, 6.07) is 14.6. The quantitative estimate of drug-likeness (QED) is 0.862. The molecule has 1 aromatic heterocycles. The Hall–Kier alpha value is -2.20. The summed E-state index contributed by atoms with van der Waals surface area (Å²) in [5.41, 5.74) is 3.70. The van der Waals surface area contributed by atoms with Crippen LogP contribution in [0.25, 0.3) is 11.3 Å². The Kier molecular flexibility index (Phi) is 4.95. The van der Waals surface area contributed by atoms with Crippen molar-refractivity contribution in [3.63, 3.8) is 0 Å². The Bertz CT molecular complexity index is 720. The van der Waals surface area contributed by atoms with Gasteiger partial charge < -0.3 is 4.90 Å². The lowest BCUT2D eigenvalue weighted by molar-refractivity contribution is 0.0822. The number of benzene rings is 1. The van der Waals surface area contributed by atoms with Gasteiger partial charge in [-0.25, -0.2) is 4.98 Å². The number of rotatable bonds is 4. The van der Waals surface area contributed by atoms with Gasteiger partial charge in [-0.3, -0.25) is 9.69 Å². The summed E-state index contributed by atoms with van der Waals surface area (Å²) in [7, 11) is 3.49. The number of hydrogen-bond donors (Lipinski definition) is 0. The van der Waals surface area contributed by atoms with Gasteiger partial charge in [0.2, 0.25) is 0 Å². The second kappa shape index (κ2) is 7.14. The number of carbonyl (C=O) groups is 1. The first-order valence-electron chi connectivity index (χ1n) is 8.59. The number of hydrogen-bond acceptors (Lipinski definition) is 3. The average Bonchev–Trinajstić information content (AvgIpc) is 3.15. The lowest BCUT2D eigenvalue weighted by Crippen LogP contribution is -2.23. The van der Waals surface area contributed by atoms with E-state index in [4.69, 9.17) is 0 Å². The molecule has 0 aliphatic carbocycles. The molecule has 1 atom stereocenters. The zero-order valence-electron chi connectivity index (χ0n) is 14.7. The van der Waals surface area contributed by atoms with Crippen molar-refractivity contribution >= 4 is 5.91 Å². The van der Waals surface area contributed by atoms with Crippen molar-refractivity contribution in [2.24, 2.45) is 0 Å². The molecule has 0 N–H and O–H groups in total. The molecule has 1 aromatic carbocycles. The largest absolute Gasteiger partial charge is 0.343 e. The summed E-state index contributed by atoms with van der Waals surface area (Å²) in [6.45, 7) is 4.62. The number of aromatic nitrogens is 1. The molecule has 3 rings (SSSR count). The average molecular weight is 323 g/mol. The third kappa shape index (κ3) is 3.49. The van der Waals surface area contributed by atoms with Crippen LogP contribution in [0.2, 0.25) is 0 Å². The van der Waals surface area contributed by atoms with E-state index in [0.717, 1.165) is 11.3 Å². The maximum Gasteiger partial charge on any atom is 0.271 e. The molecule has 1 aliphatic rings. The summed E-state index contributed by atoms with van der Waals surface area (Å²) >= 11 is 0. The summed E-state index contributed by atoms with van der Waals surface area (Å²) in [5.74, 6) is -0.0709. The number of carbonyl (C=O) groups excluding carboxylic acids is 1. The number of pyridine rings is 1. The third-order valence-electron chi connectivity index (χ3n) is 4.73. The molecule has 0 unspecified atom stereocenters. The van der Waals surface area contributed by atoms with Crippen molar-refractivity contribution in [3.8, 4) is 11.3 Å². The molecule has 1 amide bonds. The number of nitrogens with zero attached hydrogens (tertiary/aromatic N) is 3. The summed E-state index contributed by atoms with van der Waals surface area (Å²) in [5, 5.41) is 0. The molecule has 2 heterocycles. The molecule has 4 nitrogen and oxygen atoms in total. The predicted octanol–water partition coefficient (Wildman–Crippen LogP) is 3.61. The summed E-state index contributed by atoms with van der Waals surface area (Å²) in [4.78, 5) is 20.8. The summed E-state index contributed by atoms with van der Waals surface area (Å²) in [6.07, 6.45) is 2.58. The van der Waals surface area contributed by atoms with Gasteiger partial charge in [0.25, 0.3) is 5.91 Å². The highest BCUT2D eigenvalue weighted by Gasteiger charge is 2.19. The van der Waals surface area contributed by atoms with Crippen molar-refractivity contribution in [2.75, 3.05) is 27.2 Å². The second-order valence-corrected chi connectivity index (χ2v) is 6.65. The standard InChI is InChI=1S/C20H25N3O/c1-15(23-12-4-5-13-23)16-8-6-9-17(14-16)18-10-7-11-19(21-18)20(24)22(2)3/h6-11,14-15H,4-5,12-13H2,1-3H3/t15-/m0/s1. The lowest BCUT2D eigenvalue weighted by Gasteiger charge is -2.24. The molecule has 2 aromatic rings. The zero-order valence-corrected chi connectivity index (χ0v) is 14.7. The number of amides is 1. The van der Waals surface area contributed by atoms with E-state index in [1.54, 1.807) is 25.1 Å². The van der Waals surface area contributed by atoms with E-state index in [1.165, 1.54) is 31.5 Å². The van der Waals surface area contributed by atoms with Crippen LogP contribution >= 0.6 is 0 Å². The Morgan fingerprint density at radius 2 is 1.83 bits per heavy atom. The molecular weight excluding hydrogens is 298 g/mol. The molecule has 0 radical (unpaired) electrons. The van der Waals surface area contributed by atoms with Gasteiger partial charge in [0.05, 0.1) is 5.69 Å². The van der Waals surface area contributed by atoms with Crippen molar-refractivity contribution < 1.29 is 4.79 Å². The van der Waals surface area contributed by atoms with E-state index < -0.39 is 0 Å². The lowest BCUT2D eigenvalue weighted by atomic mass is 10.0. The van der Waals surface area contributed by atoms with E-state index in [0.29, 0.717) is 11.7 Å². The van der Waals surface area contributed by atoms with Gasteiger partial charge in [-0.15, -0.1) is 0 Å². The molecule has 1 aliphatic heterocycles. The van der Waals surface area contributed by atoms with Gasteiger partial charge in [-0.2, -0.15) is 0 Å². The van der Waals surface area contributed by atoms with Crippen LogP contribution in [0, 0.1) is 0 Å². The molecule has 126 valence electrons. The number of likely N-dealkylation sites (tertiary alicyclic amines) is 1. The summed E-state index contributed by atoms with van der Waals surface area (Å²) < 4.78 is 0. The van der Waals surface area contributed by atoms with Crippen LogP contribution in [0.1, 0.15) is 41.9 Å². The van der Waals surface area contributed by atoms with E-state index >= 15 is 0 Å². The van der Waals surface area contributed by atoms with Crippen molar-refractivity contribution in [2.45, 2.75) is 25.8 Å². The first-order valence-corrected chi connectivity index (χ1v) is 8.59. The van der Waals surface area contributed by atoms with E-state index in [2.05, 4.69) is 41.1 Å². The third-order valence-corrected chi connectivity index (χ3v) is 4.73. The highest BCUT2D eigenvalue weighted by atomic mass is 16.2. The Labute approximate surface area is 144 Å². The normalized spacial score (nSPS) is 16.1. The van der Waals surface area contributed by atoms with E-state index in [9.17, 15) is 4.79 Å². The van der Waals surface area contributed by atoms with Crippen LogP contribution in [-0.4, -0.2) is 47.9 Å². The van der Waals surface area contributed by atoms with Crippen molar-refractivity contribution in [3.05, 3.63) is 53.7 Å². The molecular formula is C20H25N3O. The Morgan fingerprint density at radius 1 is 1.12 bits per heavy atom. The minimum Gasteiger partial charge on any atom is -0.343 e. The fourth-order valence-electron chi connectivity index (χ4n) is 3.24. The van der Waals surface area contributed by atoms with Crippen LogP contribution in [0.15, 0.2) is 42.5 Å². The fourth-order valence-corrected chi connectivity index (χ4v) is 3.24. The van der Waals surface area contributed by atoms with E-state index in [-0.39, 0.29) is 5.91 Å². The van der Waals surface area contributed by atoms with Crippen LogP contribution in [-0.2, 0) is 0 Å². The van der Waals surface area contributed by atoms with E-state index in [1.807, 2.05) is 12.1 Å². The van der Waals surface area contributed by atoms with Crippen LogP contribution in [0.5, 0.6) is 0 Å². The van der Waals surface area contributed by atoms with Crippen LogP contribution < -0.4 is 0 Å². The van der Waals surface area contributed by atoms with Crippen molar-refractivity contribution in [1.29, 1.82) is 0 Å². The highest BCUT2D eigenvalue weighted by Crippen LogP contribution is 2.27. The van der Waals surface area contributed by atoms with Crippen molar-refractivity contribution in [1.82, 2.24) is 14.8 Å². The molecule has 0 spiro atoms. The SMILES string of the molecule is C[C@@H](c1cccc(-c2cccc(C(=O)N(C)C)n2)c1)N1CCCC1. The molecule has 0 bridgehead atoms. The molecule has 1 saturated heterocycles. The molecule has 1 fully saturated rings.